The molecule has 0 saturated carbocycles. The third-order valence-electron chi connectivity index (χ3n) is 3.55. The molecule has 0 aliphatic rings. The standard InChI is InChI=1S/C18H15ClOS/c19-15-11-12-21-18(15)17(20)16(13-7-3-1-4-8-13)14-9-5-2-6-10-14/h1-12,16-17,20H. The normalized spacial score (nSPS) is 12.5. The highest BCUT2D eigenvalue weighted by Gasteiger charge is 2.26. The van der Waals surface area contributed by atoms with Gasteiger partial charge < -0.3 is 5.11 Å². The summed E-state index contributed by atoms with van der Waals surface area (Å²) in [7, 11) is 0. The number of aliphatic hydroxyl groups is 1. The van der Waals surface area contributed by atoms with E-state index in [4.69, 9.17) is 11.6 Å². The highest BCUT2D eigenvalue weighted by molar-refractivity contribution is 7.10. The van der Waals surface area contributed by atoms with E-state index in [0.29, 0.717) is 5.02 Å². The van der Waals surface area contributed by atoms with Gasteiger partial charge in [-0.1, -0.05) is 72.3 Å². The molecule has 1 N–H and O–H groups in total. The lowest BCUT2D eigenvalue weighted by Crippen LogP contribution is -2.11. The van der Waals surface area contributed by atoms with Gasteiger partial charge in [0.05, 0.1) is 9.90 Å². The van der Waals surface area contributed by atoms with Gasteiger partial charge >= 0.3 is 0 Å². The van der Waals surface area contributed by atoms with Crippen LogP contribution >= 0.6 is 22.9 Å². The number of hydrogen-bond donors (Lipinski definition) is 1. The first-order chi connectivity index (χ1) is 10.3. The Kier molecular flexibility index (Phi) is 4.39. The summed E-state index contributed by atoms with van der Waals surface area (Å²) in [6.07, 6.45) is -0.651. The monoisotopic (exact) mass is 314 g/mol. The molecular weight excluding hydrogens is 300 g/mol. The van der Waals surface area contributed by atoms with Crippen LogP contribution in [-0.4, -0.2) is 5.11 Å². The van der Waals surface area contributed by atoms with Crippen LogP contribution in [0.3, 0.4) is 0 Å². The molecule has 1 atom stereocenters. The minimum Gasteiger partial charge on any atom is -0.387 e. The molecule has 0 saturated heterocycles. The SMILES string of the molecule is OC(c1sccc1Cl)C(c1ccccc1)c1ccccc1. The summed E-state index contributed by atoms with van der Waals surface area (Å²) in [5.41, 5.74) is 2.17. The molecule has 3 heteroatoms. The van der Waals surface area contributed by atoms with Gasteiger partial charge in [0.2, 0.25) is 0 Å². The van der Waals surface area contributed by atoms with E-state index in [1.165, 1.54) is 11.3 Å². The van der Waals surface area contributed by atoms with Gasteiger partial charge in [0, 0.05) is 5.92 Å². The lowest BCUT2D eigenvalue weighted by atomic mass is 9.86. The van der Waals surface area contributed by atoms with Gasteiger partial charge in [0.1, 0.15) is 6.10 Å². The maximum absolute atomic E-state index is 10.9. The van der Waals surface area contributed by atoms with E-state index in [1.807, 2.05) is 72.1 Å². The van der Waals surface area contributed by atoms with Crippen LogP contribution in [0.1, 0.15) is 28.0 Å². The molecule has 0 fully saturated rings. The van der Waals surface area contributed by atoms with Crippen molar-refractivity contribution in [3.63, 3.8) is 0 Å². The Morgan fingerprint density at radius 3 is 1.76 bits per heavy atom. The van der Waals surface area contributed by atoms with Gasteiger partial charge in [0.15, 0.2) is 0 Å². The van der Waals surface area contributed by atoms with Crippen molar-refractivity contribution in [3.8, 4) is 0 Å². The van der Waals surface area contributed by atoms with Crippen LogP contribution in [0.15, 0.2) is 72.1 Å². The Labute approximate surface area is 133 Å². The minimum absolute atomic E-state index is 0.122. The van der Waals surface area contributed by atoms with E-state index in [2.05, 4.69) is 0 Å². The summed E-state index contributed by atoms with van der Waals surface area (Å²) in [5, 5.41) is 13.4. The predicted octanol–water partition coefficient (Wildman–Crippen LogP) is 5.27. The fourth-order valence-electron chi connectivity index (χ4n) is 2.55. The van der Waals surface area contributed by atoms with Gasteiger partial charge in [-0.05, 0) is 22.6 Å². The Hall–Kier alpha value is -1.61. The maximum Gasteiger partial charge on any atom is 0.101 e. The fraction of sp³-hybridized carbons (Fsp3) is 0.111. The molecule has 0 aliphatic carbocycles. The van der Waals surface area contributed by atoms with Crippen molar-refractivity contribution in [3.05, 3.63) is 93.1 Å². The van der Waals surface area contributed by atoms with E-state index in [-0.39, 0.29) is 5.92 Å². The molecular formula is C18H15ClOS. The van der Waals surface area contributed by atoms with Crippen molar-refractivity contribution in [1.29, 1.82) is 0 Å². The molecule has 1 unspecified atom stereocenters. The van der Waals surface area contributed by atoms with Gasteiger partial charge in [-0.3, -0.25) is 0 Å². The number of hydrogen-bond acceptors (Lipinski definition) is 2. The van der Waals surface area contributed by atoms with Gasteiger partial charge in [0.25, 0.3) is 0 Å². The maximum atomic E-state index is 10.9. The first-order valence-electron chi connectivity index (χ1n) is 6.78. The van der Waals surface area contributed by atoms with Gasteiger partial charge in [-0.15, -0.1) is 11.3 Å². The molecule has 21 heavy (non-hydrogen) atoms. The zero-order valence-corrected chi connectivity index (χ0v) is 12.9. The summed E-state index contributed by atoms with van der Waals surface area (Å²) in [5.74, 6) is -0.122. The number of aliphatic hydroxyl groups excluding tert-OH is 1. The topological polar surface area (TPSA) is 20.2 Å². The highest BCUT2D eigenvalue weighted by atomic mass is 35.5. The van der Waals surface area contributed by atoms with Crippen LogP contribution in [0.2, 0.25) is 5.02 Å². The Bertz CT molecular complexity index is 654. The summed E-state index contributed by atoms with van der Waals surface area (Å²) in [6, 6.07) is 21.9. The smallest absolute Gasteiger partial charge is 0.101 e. The summed E-state index contributed by atoms with van der Waals surface area (Å²) in [6.45, 7) is 0. The molecule has 1 nitrogen and oxygen atoms in total. The van der Waals surface area contributed by atoms with Crippen LogP contribution in [0.25, 0.3) is 0 Å². The summed E-state index contributed by atoms with van der Waals surface area (Å²) in [4.78, 5) is 0.814. The zero-order chi connectivity index (χ0) is 14.7. The van der Waals surface area contributed by atoms with E-state index in [9.17, 15) is 5.11 Å². The average Bonchev–Trinajstić information content (AvgIpc) is 2.96. The highest BCUT2D eigenvalue weighted by Crippen LogP contribution is 2.41. The van der Waals surface area contributed by atoms with Crippen molar-refractivity contribution in [2.45, 2.75) is 12.0 Å². The molecule has 1 aromatic heterocycles. The quantitative estimate of drug-likeness (QED) is 0.695. The van der Waals surface area contributed by atoms with E-state index in [0.717, 1.165) is 16.0 Å². The number of halogens is 1. The fourth-order valence-corrected chi connectivity index (χ4v) is 3.74. The molecule has 1 heterocycles. The number of rotatable bonds is 4. The number of benzene rings is 2. The molecule has 0 spiro atoms. The Morgan fingerprint density at radius 2 is 1.33 bits per heavy atom. The van der Waals surface area contributed by atoms with Crippen molar-refractivity contribution >= 4 is 22.9 Å². The molecule has 2 aromatic carbocycles. The lowest BCUT2D eigenvalue weighted by Gasteiger charge is -2.23. The number of thiophene rings is 1. The van der Waals surface area contributed by atoms with Crippen LogP contribution in [-0.2, 0) is 0 Å². The van der Waals surface area contributed by atoms with Crippen molar-refractivity contribution in [2.24, 2.45) is 0 Å². The van der Waals surface area contributed by atoms with Crippen LogP contribution in [0.4, 0.5) is 0 Å². The molecule has 106 valence electrons. The first kappa shape index (κ1) is 14.3. The minimum atomic E-state index is -0.651. The van der Waals surface area contributed by atoms with E-state index >= 15 is 0 Å². The lowest BCUT2D eigenvalue weighted by molar-refractivity contribution is 0.163. The van der Waals surface area contributed by atoms with Crippen LogP contribution in [0.5, 0.6) is 0 Å². The van der Waals surface area contributed by atoms with Gasteiger partial charge in [-0.25, -0.2) is 0 Å². The molecule has 0 radical (unpaired) electrons. The Balaban J connectivity index is 2.07. The van der Waals surface area contributed by atoms with Crippen molar-refractivity contribution in [2.75, 3.05) is 0 Å². The Morgan fingerprint density at radius 1 is 0.810 bits per heavy atom. The molecule has 3 aromatic rings. The molecule has 0 aliphatic heterocycles. The summed E-state index contributed by atoms with van der Waals surface area (Å²) >= 11 is 7.70. The van der Waals surface area contributed by atoms with Gasteiger partial charge in [-0.2, -0.15) is 0 Å². The second-order valence-corrected chi connectivity index (χ2v) is 6.23. The largest absolute Gasteiger partial charge is 0.387 e. The predicted molar refractivity (Wildman–Crippen MR) is 89.0 cm³/mol. The van der Waals surface area contributed by atoms with E-state index < -0.39 is 6.10 Å². The zero-order valence-electron chi connectivity index (χ0n) is 11.3. The van der Waals surface area contributed by atoms with Crippen LogP contribution in [0, 0.1) is 0 Å². The van der Waals surface area contributed by atoms with Crippen LogP contribution < -0.4 is 0 Å². The summed E-state index contributed by atoms with van der Waals surface area (Å²) < 4.78 is 0. The third kappa shape index (κ3) is 3.03. The second kappa shape index (κ2) is 6.44. The molecule has 3 rings (SSSR count). The third-order valence-corrected chi connectivity index (χ3v) is 4.98. The van der Waals surface area contributed by atoms with Crippen molar-refractivity contribution < 1.29 is 5.11 Å². The van der Waals surface area contributed by atoms with Crippen molar-refractivity contribution in [1.82, 2.24) is 0 Å². The average molecular weight is 315 g/mol. The molecule has 0 amide bonds. The molecule has 0 bridgehead atoms. The second-order valence-electron chi connectivity index (χ2n) is 4.88. The first-order valence-corrected chi connectivity index (χ1v) is 8.04. The van der Waals surface area contributed by atoms with E-state index in [1.54, 1.807) is 0 Å².